The van der Waals surface area contributed by atoms with Crippen molar-refractivity contribution in [3.63, 3.8) is 0 Å². The van der Waals surface area contributed by atoms with E-state index in [1.807, 2.05) is 30.3 Å². The summed E-state index contributed by atoms with van der Waals surface area (Å²) in [6.07, 6.45) is 2.98. The zero-order chi connectivity index (χ0) is 13.9. The molecule has 1 aromatic carbocycles. The number of amides is 1. The van der Waals surface area contributed by atoms with Crippen LogP contribution in [-0.2, 0) is 15.0 Å². The Morgan fingerprint density at radius 2 is 1.95 bits per heavy atom. The molecule has 19 heavy (non-hydrogen) atoms. The van der Waals surface area contributed by atoms with Crippen LogP contribution in [0.25, 0.3) is 0 Å². The van der Waals surface area contributed by atoms with Crippen molar-refractivity contribution in [1.82, 2.24) is 5.32 Å². The summed E-state index contributed by atoms with van der Waals surface area (Å²) in [7, 11) is 0. The van der Waals surface area contributed by atoms with Gasteiger partial charge in [0.25, 0.3) is 0 Å². The van der Waals surface area contributed by atoms with Crippen molar-refractivity contribution in [3.05, 3.63) is 35.9 Å². The van der Waals surface area contributed by atoms with E-state index < -0.39 is 17.4 Å². The molecule has 0 aliphatic heterocycles. The fourth-order valence-electron chi connectivity index (χ4n) is 2.57. The Hall–Kier alpha value is -1.84. The normalized spacial score (nSPS) is 18.2. The predicted octanol–water partition coefficient (Wildman–Crippen LogP) is 2.09. The van der Waals surface area contributed by atoms with Gasteiger partial charge in [-0.15, -0.1) is 0 Å². The smallest absolute Gasteiger partial charge is 0.326 e. The van der Waals surface area contributed by atoms with Gasteiger partial charge in [-0.2, -0.15) is 0 Å². The summed E-state index contributed by atoms with van der Waals surface area (Å²) in [5, 5.41) is 11.7. The monoisotopic (exact) mass is 261 g/mol. The number of carboxylic acid groups (broad SMARTS) is 1. The molecular weight excluding hydrogens is 242 g/mol. The van der Waals surface area contributed by atoms with E-state index in [0.29, 0.717) is 6.42 Å². The number of carbonyl (C=O) groups is 2. The van der Waals surface area contributed by atoms with Gasteiger partial charge in [0.2, 0.25) is 5.91 Å². The molecule has 1 amide bonds. The Morgan fingerprint density at radius 3 is 2.37 bits per heavy atom. The molecule has 1 aliphatic carbocycles. The number of hydrogen-bond donors (Lipinski definition) is 2. The lowest BCUT2D eigenvalue weighted by Crippen LogP contribution is -2.53. The molecule has 2 N–H and O–H groups in total. The lowest BCUT2D eigenvalue weighted by atomic mass is 9.63. The summed E-state index contributed by atoms with van der Waals surface area (Å²) < 4.78 is 0. The zero-order valence-electron chi connectivity index (χ0n) is 11.1. The summed E-state index contributed by atoms with van der Waals surface area (Å²) in [6.45, 7) is 1.76. The van der Waals surface area contributed by atoms with Crippen LogP contribution < -0.4 is 5.32 Å². The maximum absolute atomic E-state index is 12.4. The van der Waals surface area contributed by atoms with E-state index in [1.54, 1.807) is 6.92 Å². The Bertz CT molecular complexity index is 466. The summed E-state index contributed by atoms with van der Waals surface area (Å²) in [6, 6.07) is 8.84. The Kier molecular flexibility index (Phi) is 3.88. The highest BCUT2D eigenvalue weighted by Crippen LogP contribution is 2.43. The first-order valence-electron chi connectivity index (χ1n) is 6.69. The topological polar surface area (TPSA) is 66.4 Å². The van der Waals surface area contributed by atoms with E-state index in [4.69, 9.17) is 5.11 Å². The lowest BCUT2D eigenvalue weighted by Gasteiger charge is -2.41. The summed E-state index contributed by atoms with van der Waals surface area (Å²) in [5.74, 6) is -1.13. The van der Waals surface area contributed by atoms with Gasteiger partial charge in [-0.25, -0.2) is 4.79 Å². The molecule has 1 atom stereocenters. The minimum atomic E-state index is -0.974. The van der Waals surface area contributed by atoms with Crippen molar-refractivity contribution in [2.45, 2.75) is 44.1 Å². The first kappa shape index (κ1) is 13.6. The maximum Gasteiger partial charge on any atom is 0.326 e. The second-order valence-corrected chi connectivity index (χ2v) is 5.07. The minimum absolute atomic E-state index is 0.154. The first-order chi connectivity index (χ1) is 9.10. The molecule has 4 heteroatoms. The molecular formula is C15H19NO3. The van der Waals surface area contributed by atoms with Crippen LogP contribution in [0.3, 0.4) is 0 Å². The molecule has 0 heterocycles. The molecule has 4 nitrogen and oxygen atoms in total. The highest BCUT2D eigenvalue weighted by molar-refractivity contribution is 5.92. The fraction of sp³-hybridized carbons (Fsp3) is 0.467. The minimum Gasteiger partial charge on any atom is -0.480 e. The van der Waals surface area contributed by atoms with Gasteiger partial charge in [0.15, 0.2) is 0 Å². The number of hydrogen-bond acceptors (Lipinski definition) is 2. The molecule has 102 valence electrons. The van der Waals surface area contributed by atoms with Crippen molar-refractivity contribution in [1.29, 1.82) is 0 Å². The molecule has 1 fully saturated rings. The Balaban J connectivity index is 2.18. The van der Waals surface area contributed by atoms with Gasteiger partial charge in [-0.05, 0) is 24.8 Å². The van der Waals surface area contributed by atoms with Crippen LogP contribution in [0.2, 0.25) is 0 Å². The van der Waals surface area contributed by atoms with Crippen LogP contribution in [0.15, 0.2) is 30.3 Å². The molecule has 0 aromatic heterocycles. The standard InChI is InChI=1S/C15H19NO3/c1-2-12(13(17)18)16-14(19)15(9-6-10-15)11-7-4-3-5-8-11/h3-5,7-8,12H,2,6,9-10H2,1H3,(H,16,19)(H,17,18)/t12-/m0/s1. The van der Waals surface area contributed by atoms with E-state index in [0.717, 1.165) is 24.8 Å². The second kappa shape index (κ2) is 5.43. The molecule has 1 aromatic rings. The van der Waals surface area contributed by atoms with Gasteiger partial charge in [-0.1, -0.05) is 43.7 Å². The molecule has 0 bridgehead atoms. The van der Waals surface area contributed by atoms with Crippen LogP contribution in [0.5, 0.6) is 0 Å². The van der Waals surface area contributed by atoms with Gasteiger partial charge in [0, 0.05) is 0 Å². The summed E-state index contributed by atoms with van der Waals surface area (Å²) >= 11 is 0. The SMILES string of the molecule is CC[C@H](NC(=O)C1(c2ccccc2)CCC1)C(=O)O. The van der Waals surface area contributed by atoms with E-state index in [-0.39, 0.29) is 5.91 Å². The highest BCUT2D eigenvalue weighted by Gasteiger charge is 2.46. The number of benzene rings is 1. The fourth-order valence-corrected chi connectivity index (χ4v) is 2.57. The summed E-state index contributed by atoms with van der Waals surface area (Å²) in [5.41, 5.74) is 0.461. The molecule has 2 rings (SSSR count). The quantitative estimate of drug-likeness (QED) is 0.853. The molecule has 0 unspecified atom stereocenters. The number of carboxylic acids is 1. The molecule has 1 saturated carbocycles. The number of aliphatic carboxylic acids is 1. The number of rotatable bonds is 5. The van der Waals surface area contributed by atoms with E-state index in [2.05, 4.69) is 5.32 Å². The van der Waals surface area contributed by atoms with Crippen molar-refractivity contribution >= 4 is 11.9 Å². The average Bonchev–Trinajstić information content (AvgIpc) is 2.35. The van der Waals surface area contributed by atoms with Crippen molar-refractivity contribution in [2.75, 3.05) is 0 Å². The van der Waals surface area contributed by atoms with Gasteiger partial charge in [-0.3, -0.25) is 4.79 Å². The Morgan fingerprint density at radius 1 is 1.32 bits per heavy atom. The van der Waals surface area contributed by atoms with Gasteiger partial charge >= 0.3 is 5.97 Å². The highest BCUT2D eigenvalue weighted by atomic mass is 16.4. The van der Waals surface area contributed by atoms with E-state index in [9.17, 15) is 9.59 Å². The molecule has 0 saturated heterocycles. The number of nitrogens with one attached hydrogen (secondary N) is 1. The van der Waals surface area contributed by atoms with Crippen LogP contribution in [0.4, 0.5) is 0 Å². The molecule has 0 radical (unpaired) electrons. The van der Waals surface area contributed by atoms with Gasteiger partial charge in [0.1, 0.15) is 6.04 Å². The van der Waals surface area contributed by atoms with Crippen molar-refractivity contribution < 1.29 is 14.7 Å². The second-order valence-electron chi connectivity index (χ2n) is 5.07. The molecule has 1 aliphatic rings. The zero-order valence-corrected chi connectivity index (χ0v) is 11.1. The van der Waals surface area contributed by atoms with Crippen molar-refractivity contribution in [2.24, 2.45) is 0 Å². The van der Waals surface area contributed by atoms with Crippen LogP contribution in [-0.4, -0.2) is 23.0 Å². The predicted molar refractivity (Wildman–Crippen MR) is 71.8 cm³/mol. The van der Waals surface area contributed by atoms with Gasteiger partial charge < -0.3 is 10.4 Å². The summed E-state index contributed by atoms with van der Waals surface area (Å²) in [4.78, 5) is 23.5. The van der Waals surface area contributed by atoms with Crippen LogP contribution in [0.1, 0.15) is 38.2 Å². The average molecular weight is 261 g/mol. The maximum atomic E-state index is 12.4. The third-order valence-electron chi connectivity index (χ3n) is 3.98. The third kappa shape index (κ3) is 2.48. The van der Waals surface area contributed by atoms with Crippen LogP contribution >= 0.6 is 0 Å². The number of carbonyl (C=O) groups excluding carboxylic acids is 1. The van der Waals surface area contributed by atoms with E-state index in [1.165, 1.54) is 0 Å². The first-order valence-corrected chi connectivity index (χ1v) is 6.69. The molecule has 0 spiro atoms. The lowest BCUT2D eigenvalue weighted by molar-refractivity contribution is -0.143. The van der Waals surface area contributed by atoms with Crippen molar-refractivity contribution in [3.8, 4) is 0 Å². The largest absolute Gasteiger partial charge is 0.480 e. The van der Waals surface area contributed by atoms with E-state index >= 15 is 0 Å². The third-order valence-corrected chi connectivity index (χ3v) is 3.98. The van der Waals surface area contributed by atoms with Crippen LogP contribution in [0, 0.1) is 0 Å². The Labute approximate surface area is 112 Å². The van der Waals surface area contributed by atoms with Gasteiger partial charge in [0.05, 0.1) is 5.41 Å².